The molecule has 160 valence electrons. The molecule has 9 nitrogen and oxygen atoms in total. The molecule has 1 aromatic heterocycles. The average Bonchev–Trinajstić information content (AvgIpc) is 3.27. The molecule has 0 aliphatic carbocycles. The fourth-order valence-electron chi connectivity index (χ4n) is 3.05. The highest BCUT2D eigenvalue weighted by Crippen LogP contribution is 2.23. The van der Waals surface area contributed by atoms with Crippen molar-refractivity contribution in [3.63, 3.8) is 0 Å². The monoisotopic (exact) mass is 439 g/mol. The smallest absolute Gasteiger partial charge is 0.263 e. The molecule has 0 radical (unpaired) electrons. The Morgan fingerprint density at radius 2 is 1.97 bits per heavy atom. The summed E-state index contributed by atoms with van der Waals surface area (Å²) in [6.07, 6.45) is 3.55. The number of rotatable bonds is 6. The van der Waals surface area contributed by atoms with Crippen LogP contribution in [0.5, 0.6) is 5.75 Å². The molecule has 0 fully saturated rings. The third-order valence-electron chi connectivity index (χ3n) is 4.78. The van der Waals surface area contributed by atoms with Crippen molar-refractivity contribution in [3.8, 4) is 5.75 Å². The van der Waals surface area contributed by atoms with Gasteiger partial charge in [-0.1, -0.05) is 12.1 Å². The van der Waals surface area contributed by atoms with Gasteiger partial charge in [0.15, 0.2) is 0 Å². The predicted octanol–water partition coefficient (Wildman–Crippen LogP) is 2.06. The van der Waals surface area contributed by atoms with Gasteiger partial charge in [0.05, 0.1) is 4.90 Å². The third kappa shape index (κ3) is 4.43. The van der Waals surface area contributed by atoms with Gasteiger partial charge < -0.3 is 14.6 Å². The number of sulfonamides is 1. The van der Waals surface area contributed by atoms with E-state index in [0.29, 0.717) is 23.6 Å². The molecule has 1 aliphatic heterocycles. The second-order valence-electron chi connectivity index (χ2n) is 7.01. The van der Waals surface area contributed by atoms with Crippen molar-refractivity contribution in [1.82, 2.24) is 14.3 Å². The van der Waals surface area contributed by atoms with Crippen LogP contribution in [-0.2, 0) is 28.5 Å². The Hall–Kier alpha value is -3.66. The zero-order valence-electron chi connectivity index (χ0n) is 16.9. The molecule has 1 atom stereocenters. The van der Waals surface area contributed by atoms with Crippen LogP contribution in [0.3, 0.4) is 0 Å². The number of benzene rings is 2. The van der Waals surface area contributed by atoms with E-state index >= 15 is 0 Å². The quantitative estimate of drug-likeness (QED) is 0.610. The summed E-state index contributed by atoms with van der Waals surface area (Å²) in [5.74, 6) is 1.25. The SMILES string of the molecule is C[C@H](N=C1NS(=O)(=O)c2ccccc21)C(=O)Nc1ccc(OCc2nccn2C)cc1. The van der Waals surface area contributed by atoms with Crippen molar-refractivity contribution in [2.45, 2.75) is 24.5 Å². The summed E-state index contributed by atoms with van der Waals surface area (Å²) < 4.78 is 34.3. The number of aliphatic imine (C=N–C) groups is 1. The molecule has 0 unspecified atom stereocenters. The van der Waals surface area contributed by atoms with Crippen LogP contribution in [0.25, 0.3) is 0 Å². The molecule has 3 aromatic rings. The first kappa shape index (κ1) is 20.6. The number of carbonyl (C=O) groups is 1. The van der Waals surface area contributed by atoms with Gasteiger partial charge in [-0.15, -0.1) is 0 Å². The number of hydrogen-bond donors (Lipinski definition) is 2. The van der Waals surface area contributed by atoms with E-state index in [4.69, 9.17) is 4.74 Å². The van der Waals surface area contributed by atoms with Gasteiger partial charge in [0.25, 0.3) is 10.0 Å². The van der Waals surface area contributed by atoms with E-state index in [2.05, 4.69) is 20.0 Å². The second kappa shape index (κ2) is 8.23. The number of amides is 1. The lowest BCUT2D eigenvalue weighted by Crippen LogP contribution is -2.28. The van der Waals surface area contributed by atoms with E-state index in [0.717, 1.165) is 5.82 Å². The van der Waals surface area contributed by atoms with Crippen molar-refractivity contribution in [2.75, 3.05) is 5.32 Å². The van der Waals surface area contributed by atoms with Crippen molar-refractivity contribution in [2.24, 2.45) is 12.0 Å². The summed E-state index contributed by atoms with van der Waals surface area (Å²) in [7, 11) is -1.75. The maximum absolute atomic E-state index is 12.5. The number of carbonyl (C=O) groups excluding carboxylic acids is 1. The molecule has 1 amide bonds. The molecule has 1 aliphatic rings. The van der Waals surface area contributed by atoms with E-state index in [-0.39, 0.29) is 16.6 Å². The Bertz CT molecular complexity index is 1250. The van der Waals surface area contributed by atoms with Crippen LogP contribution in [0.4, 0.5) is 5.69 Å². The van der Waals surface area contributed by atoms with Gasteiger partial charge in [-0.05, 0) is 43.3 Å². The summed E-state index contributed by atoms with van der Waals surface area (Å²) >= 11 is 0. The topological polar surface area (TPSA) is 115 Å². The van der Waals surface area contributed by atoms with Crippen LogP contribution in [0.2, 0.25) is 0 Å². The normalized spacial score (nSPS) is 16.4. The first-order chi connectivity index (χ1) is 14.8. The molecule has 0 spiro atoms. The van der Waals surface area contributed by atoms with Crippen molar-refractivity contribution in [1.29, 1.82) is 0 Å². The Morgan fingerprint density at radius 3 is 2.68 bits per heavy atom. The van der Waals surface area contributed by atoms with Crippen LogP contribution in [0.15, 0.2) is 70.8 Å². The van der Waals surface area contributed by atoms with E-state index in [1.54, 1.807) is 55.6 Å². The average molecular weight is 439 g/mol. The lowest BCUT2D eigenvalue weighted by Gasteiger charge is -2.11. The number of amidine groups is 1. The van der Waals surface area contributed by atoms with E-state index in [1.165, 1.54) is 6.07 Å². The van der Waals surface area contributed by atoms with Crippen LogP contribution >= 0.6 is 0 Å². The standard InChI is InChI=1S/C21H21N5O4S/c1-14(23-20-17-5-3-4-6-18(17)31(28,29)25-20)21(27)24-15-7-9-16(10-8-15)30-13-19-22-11-12-26(19)2/h3-12,14H,13H2,1-2H3,(H,23,25)(H,24,27)/t14-/m0/s1. The van der Waals surface area contributed by atoms with Crippen LogP contribution in [0, 0.1) is 0 Å². The summed E-state index contributed by atoms with van der Waals surface area (Å²) in [5.41, 5.74) is 1.03. The maximum Gasteiger partial charge on any atom is 0.263 e. The number of aryl methyl sites for hydroxylation is 1. The van der Waals surface area contributed by atoms with Crippen molar-refractivity contribution >= 4 is 27.5 Å². The fraction of sp³-hybridized carbons (Fsp3) is 0.190. The lowest BCUT2D eigenvalue weighted by molar-refractivity contribution is -0.117. The number of fused-ring (bicyclic) bond motifs is 1. The van der Waals surface area contributed by atoms with Crippen LogP contribution in [0.1, 0.15) is 18.3 Å². The van der Waals surface area contributed by atoms with Crippen LogP contribution in [-0.4, -0.2) is 35.8 Å². The van der Waals surface area contributed by atoms with Crippen LogP contribution < -0.4 is 14.8 Å². The number of nitrogens with one attached hydrogen (secondary N) is 2. The first-order valence-electron chi connectivity index (χ1n) is 9.53. The number of nitrogens with zero attached hydrogens (tertiary/aromatic N) is 3. The number of hydrogen-bond acceptors (Lipinski definition) is 6. The van der Waals surface area contributed by atoms with Gasteiger partial charge in [0.1, 0.15) is 30.1 Å². The first-order valence-corrected chi connectivity index (χ1v) is 11.0. The zero-order chi connectivity index (χ0) is 22.0. The van der Waals surface area contributed by atoms with E-state index in [9.17, 15) is 13.2 Å². The number of imidazole rings is 1. The van der Waals surface area contributed by atoms with Gasteiger partial charge >= 0.3 is 0 Å². The van der Waals surface area contributed by atoms with Gasteiger partial charge in [-0.3, -0.25) is 14.5 Å². The van der Waals surface area contributed by atoms with Gasteiger partial charge in [0, 0.05) is 30.7 Å². The molecule has 2 heterocycles. The highest BCUT2D eigenvalue weighted by atomic mass is 32.2. The minimum atomic E-state index is -3.65. The summed E-state index contributed by atoms with van der Waals surface area (Å²) in [6, 6.07) is 12.6. The molecule has 10 heteroatoms. The molecular weight excluding hydrogens is 418 g/mol. The Balaban J connectivity index is 1.39. The number of anilines is 1. The minimum absolute atomic E-state index is 0.155. The summed E-state index contributed by atoms with van der Waals surface area (Å²) in [4.78, 5) is 21.2. The van der Waals surface area contributed by atoms with Gasteiger partial charge in [0.2, 0.25) is 5.91 Å². The molecule has 0 saturated carbocycles. The molecule has 2 N–H and O–H groups in total. The largest absolute Gasteiger partial charge is 0.486 e. The Labute approximate surface area is 179 Å². The summed E-state index contributed by atoms with van der Waals surface area (Å²) in [5, 5.41) is 2.77. The van der Waals surface area contributed by atoms with E-state index in [1.807, 2.05) is 17.8 Å². The molecule has 4 rings (SSSR count). The molecular formula is C21H21N5O4S. The fourth-order valence-corrected chi connectivity index (χ4v) is 4.29. The number of aromatic nitrogens is 2. The Morgan fingerprint density at radius 1 is 1.23 bits per heavy atom. The molecule has 2 aromatic carbocycles. The minimum Gasteiger partial charge on any atom is -0.486 e. The van der Waals surface area contributed by atoms with Crippen molar-refractivity contribution in [3.05, 3.63) is 72.3 Å². The highest BCUT2D eigenvalue weighted by molar-refractivity contribution is 7.90. The lowest BCUT2D eigenvalue weighted by atomic mass is 10.2. The predicted molar refractivity (Wildman–Crippen MR) is 115 cm³/mol. The highest BCUT2D eigenvalue weighted by Gasteiger charge is 2.31. The Kier molecular flexibility index (Phi) is 5.47. The second-order valence-corrected chi connectivity index (χ2v) is 8.66. The van der Waals surface area contributed by atoms with E-state index < -0.39 is 16.1 Å². The van der Waals surface area contributed by atoms with Gasteiger partial charge in [-0.25, -0.2) is 13.4 Å². The van der Waals surface area contributed by atoms with Gasteiger partial charge in [-0.2, -0.15) is 0 Å². The molecule has 31 heavy (non-hydrogen) atoms. The third-order valence-corrected chi connectivity index (χ3v) is 6.17. The zero-order valence-corrected chi connectivity index (χ0v) is 17.8. The van der Waals surface area contributed by atoms with Crippen molar-refractivity contribution < 1.29 is 17.9 Å². The number of ether oxygens (including phenoxy) is 1. The maximum atomic E-state index is 12.5. The molecule has 0 bridgehead atoms. The summed E-state index contributed by atoms with van der Waals surface area (Å²) in [6.45, 7) is 1.93. The molecule has 0 saturated heterocycles.